The molecule has 0 saturated heterocycles. The summed E-state index contributed by atoms with van der Waals surface area (Å²) in [4.78, 5) is 15.8. The van der Waals surface area contributed by atoms with Gasteiger partial charge in [0.25, 0.3) is 0 Å². The number of phenolic OH excluding ortho intramolecular Hbond substituents is 1. The minimum absolute atomic E-state index is 0.160. The van der Waals surface area contributed by atoms with Crippen LogP contribution in [0.25, 0.3) is 10.8 Å². The molecular weight excluding hydrogens is 244 g/mol. The van der Waals surface area contributed by atoms with Gasteiger partial charge in [0.1, 0.15) is 17.6 Å². The SMILES string of the molecule is CCOC(=O)C(C)Nc1nccc2ccc(O)cc12. The average Bonchev–Trinajstić information content (AvgIpc) is 2.39. The predicted octanol–water partition coefficient (Wildman–Crippen LogP) is 2.30. The van der Waals surface area contributed by atoms with Gasteiger partial charge in [0.15, 0.2) is 0 Å². The highest BCUT2D eigenvalue weighted by Gasteiger charge is 2.15. The van der Waals surface area contributed by atoms with E-state index in [4.69, 9.17) is 4.74 Å². The third-order valence-electron chi connectivity index (χ3n) is 2.74. The maximum Gasteiger partial charge on any atom is 0.328 e. The molecule has 0 spiro atoms. The molecule has 100 valence electrons. The van der Waals surface area contributed by atoms with Gasteiger partial charge in [-0.1, -0.05) is 6.07 Å². The number of hydrogen-bond acceptors (Lipinski definition) is 5. The molecule has 0 aliphatic heterocycles. The minimum atomic E-state index is -0.500. The summed E-state index contributed by atoms with van der Waals surface area (Å²) in [6.07, 6.45) is 1.65. The molecule has 0 amide bonds. The van der Waals surface area contributed by atoms with Crippen LogP contribution in [0.2, 0.25) is 0 Å². The van der Waals surface area contributed by atoms with Gasteiger partial charge in [-0.25, -0.2) is 9.78 Å². The van der Waals surface area contributed by atoms with E-state index < -0.39 is 6.04 Å². The second-order valence-corrected chi connectivity index (χ2v) is 4.18. The summed E-state index contributed by atoms with van der Waals surface area (Å²) in [5, 5.41) is 14.2. The van der Waals surface area contributed by atoms with Crippen LogP contribution in [0.5, 0.6) is 5.75 Å². The summed E-state index contributed by atoms with van der Waals surface area (Å²) < 4.78 is 4.93. The van der Waals surface area contributed by atoms with Gasteiger partial charge in [0, 0.05) is 11.6 Å². The summed E-state index contributed by atoms with van der Waals surface area (Å²) in [7, 11) is 0. The van der Waals surface area contributed by atoms with Gasteiger partial charge in [-0.05, 0) is 37.4 Å². The van der Waals surface area contributed by atoms with Crippen LogP contribution in [-0.4, -0.2) is 28.7 Å². The number of carbonyl (C=O) groups is 1. The number of phenols is 1. The molecule has 0 aliphatic carbocycles. The predicted molar refractivity (Wildman–Crippen MR) is 73.1 cm³/mol. The number of nitrogens with zero attached hydrogens (tertiary/aromatic N) is 1. The Labute approximate surface area is 111 Å². The third kappa shape index (κ3) is 2.93. The monoisotopic (exact) mass is 260 g/mol. The Balaban J connectivity index is 2.30. The van der Waals surface area contributed by atoms with E-state index in [1.165, 1.54) is 0 Å². The Kier molecular flexibility index (Phi) is 3.85. The molecule has 1 aromatic heterocycles. The van der Waals surface area contributed by atoms with E-state index in [0.29, 0.717) is 12.4 Å². The van der Waals surface area contributed by atoms with Crippen LogP contribution >= 0.6 is 0 Å². The van der Waals surface area contributed by atoms with E-state index in [-0.39, 0.29) is 11.7 Å². The number of pyridine rings is 1. The van der Waals surface area contributed by atoms with Crippen LogP contribution in [0.15, 0.2) is 30.5 Å². The molecule has 2 N–H and O–H groups in total. The van der Waals surface area contributed by atoms with Gasteiger partial charge in [-0.2, -0.15) is 0 Å². The second-order valence-electron chi connectivity index (χ2n) is 4.18. The molecular formula is C14H16N2O3. The fraction of sp³-hybridized carbons (Fsp3) is 0.286. The zero-order chi connectivity index (χ0) is 13.8. The molecule has 0 saturated carbocycles. The van der Waals surface area contributed by atoms with Crippen molar-refractivity contribution in [2.45, 2.75) is 19.9 Å². The number of aromatic hydroxyl groups is 1. The first-order chi connectivity index (χ1) is 9.11. The molecule has 1 unspecified atom stereocenters. The van der Waals surface area contributed by atoms with Crippen molar-refractivity contribution >= 4 is 22.6 Å². The number of esters is 1. The molecule has 1 atom stereocenters. The Hall–Kier alpha value is -2.30. The Bertz CT molecular complexity index is 598. The van der Waals surface area contributed by atoms with Crippen molar-refractivity contribution in [3.63, 3.8) is 0 Å². The second kappa shape index (κ2) is 5.56. The van der Waals surface area contributed by atoms with Crippen LogP contribution in [0.1, 0.15) is 13.8 Å². The molecule has 0 aliphatic rings. The van der Waals surface area contributed by atoms with Crippen molar-refractivity contribution in [1.82, 2.24) is 4.98 Å². The number of fused-ring (bicyclic) bond motifs is 1. The lowest BCUT2D eigenvalue weighted by Gasteiger charge is -2.14. The highest BCUT2D eigenvalue weighted by atomic mass is 16.5. The van der Waals surface area contributed by atoms with Gasteiger partial charge in [-0.3, -0.25) is 0 Å². The van der Waals surface area contributed by atoms with Gasteiger partial charge in [-0.15, -0.1) is 0 Å². The lowest BCUT2D eigenvalue weighted by Crippen LogP contribution is -2.28. The van der Waals surface area contributed by atoms with Crippen molar-refractivity contribution in [3.05, 3.63) is 30.5 Å². The van der Waals surface area contributed by atoms with Crippen LogP contribution < -0.4 is 5.32 Å². The Morgan fingerprint density at radius 3 is 3.00 bits per heavy atom. The maximum atomic E-state index is 11.6. The van der Waals surface area contributed by atoms with Crippen LogP contribution in [0, 0.1) is 0 Å². The van der Waals surface area contributed by atoms with E-state index in [9.17, 15) is 9.90 Å². The number of hydrogen-bond donors (Lipinski definition) is 2. The molecule has 1 aromatic carbocycles. The van der Waals surface area contributed by atoms with E-state index >= 15 is 0 Å². The summed E-state index contributed by atoms with van der Waals surface area (Å²) >= 11 is 0. The van der Waals surface area contributed by atoms with Gasteiger partial charge in [0.05, 0.1) is 6.61 Å². The molecule has 2 rings (SSSR count). The summed E-state index contributed by atoms with van der Waals surface area (Å²) in [5.41, 5.74) is 0. The van der Waals surface area contributed by atoms with Gasteiger partial charge < -0.3 is 15.2 Å². The van der Waals surface area contributed by atoms with E-state index in [0.717, 1.165) is 10.8 Å². The van der Waals surface area contributed by atoms with E-state index in [2.05, 4.69) is 10.3 Å². The topological polar surface area (TPSA) is 71.5 Å². The molecule has 2 aromatic rings. The first-order valence-corrected chi connectivity index (χ1v) is 6.12. The van der Waals surface area contributed by atoms with Gasteiger partial charge >= 0.3 is 5.97 Å². The normalized spacial score (nSPS) is 12.1. The average molecular weight is 260 g/mol. The Morgan fingerprint density at radius 2 is 2.26 bits per heavy atom. The van der Waals surface area contributed by atoms with Crippen LogP contribution in [0.3, 0.4) is 0 Å². The summed E-state index contributed by atoms with van der Waals surface area (Å²) in [6, 6.07) is 6.37. The molecule has 0 radical (unpaired) electrons. The number of aromatic nitrogens is 1. The molecule has 5 nitrogen and oxygen atoms in total. The van der Waals surface area contributed by atoms with Crippen molar-refractivity contribution in [2.75, 3.05) is 11.9 Å². The number of ether oxygens (including phenoxy) is 1. The first kappa shape index (κ1) is 13.1. The molecule has 19 heavy (non-hydrogen) atoms. The van der Waals surface area contributed by atoms with Crippen molar-refractivity contribution < 1.29 is 14.6 Å². The zero-order valence-corrected chi connectivity index (χ0v) is 10.9. The van der Waals surface area contributed by atoms with Crippen molar-refractivity contribution in [2.24, 2.45) is 0 Å². The largest absolute Gasteiger partial charge is 0.508 e. The van der Waals surface area contributed by atoms with E-state index in [1.54, 1.807) is 38.2 Å². The molecule has 5 heteroatoms. The quantitative estimate of drug-likeness (QED) is 0.825. The number of rotatable bonds is 4. The summed E-state index contributed by atoms with van der Waals surface area (Å²) in [5.74, 6) is 0.378. The smallest absolute Gasteiger partial charge is 0.328 e. The van der Waals surface area contributed by atoms with Crippen molar-refractivity contribution in [3.8, 4) is 5.75 Å². The molecule has 1 heterocycles. The molecule has 0 bridgehead atoms. The maximum absolute atomic E-state index is 11.6. The van der Waals surface area contributed by atoms with Crippen LogP contribution in [-0.2, 0) is 9.53 Å². The highest BCUT2D eigenvalue weighted by Crippen LogP contribution is 2.25. The van der Waals surface area contributed by atoms with Gasteiger partial charge in [0.2, 0.25) is 0 Å². The lowest BCUT2D eigenvalue weighted by molar-refractivity contribution is -0.143. The Morgan fingerprint density at radius 1 is 1.47 bits per heavy atom. The first-order valence-electron chi connectivity index (χ1n) is 6.12. The fourth-order valence-electron chi connectivity index (χ4n) is 1.80. The highest BCUT2D eigenvalue weighted by molar-refractivity contribution is 5.94. The third-order valence-corrected chi connectivity index (χ3v) is 2.74. The fourth-order valence-corrected chi connectivity index (χ4v) is 1.80. The minimum Gasteiger partial charge on any atom is -0.508 e. The van der Waals surface area contributed by atoms with Crippen molar-refractivity contribution in [1.29, 1.82) is 0 Å². The molecule has 0 fully saturated rings. The number of carbonyl (C=O) groups excluding carboxylic acids is 1. The summed E-state index contributed by atoms with van der Waals surface area (Å²) in [6.45, 7) is 3.81. The zero-order valence-electron chi connectivity index (χ0n) is 10.9. The number of nitrogens with one attached hydrogen (secondary N) is 1. The standard InChI is InChI=1S/C14H16N2O3/c1-3-19-14(18)9(2)16-13-12-8-11(17)5-4-10(12)6-7-15-13/h4-9,17H,3H2,1-2H3,(H,15,16). The lowest BCUT2D eigenvalue weighted by atomic mass is 10.1. The number of anilines is 1. The number of benzene rings is 1. The van der Waals surface area contributed by atoms with E-state index in [1.807, 2.05) is 6.07 Å². The van der Waals surface area contributed by atoms with Crippen LogP contribution in [0.4, 0.5) is 5.82 Å².